The summed E-state index contributed by atoms with van der Waals surface area (Å²) in [6.07, 6.45) is 0.727. The molecule has 0 aliphatic carbocycles. The minimum atomic E-state index is -0.572. The summed E-state index contributed by atoms with van der Waals surface area (Å²) in [7, 11) is 1.26. The van der Waals surface area contributed by atoms with Crippen LogP contribution in [0.15, 0.2) is 36.4 Å². The molecule has 2 aromatic carbocycles. The van der Waals surface area contributed by atoms with Gasteiger partial charge in [-0.2, -0.15) is 0 Å². The summed E-state index contributed by atoms with van der Waals surface area (Å²) in [6, 6.07) is 9.94. The van der Waals surface area contributed by atoms with Gasteiger partial charge in [0.1, 0.15) is 5.56 Å². The Kier molecular flexibility index (Phi) is 17.3. The van der Waals surface area contributed by atoms with Crippen molar-refractivity contribution in [1.82, 2.24) is 0 Å². The van der Waals surface area contributed by atoms with Crippen LogP contribution in [0.3, 0.4) is 0 Å². The maximum absolute atomic E-state index is 11.5. The monoisotopic (exact) mass is 489 g/mol. The number of benzene rings is 2. The number of nitrogens with one attached hydrogen (secondary N) is 2. The minimum Gasteiger partial charge on any atom is -1.00 e. The summed E-state index contributed by atoms with van der Waals surface area (Å²) in [5.41, 5.74) is 1.67. The normalized spacial score (nSPS) is 9.19. The van der Waals surface area contributed by atoms with Gasteiger partial charge < -0.3 is 21.9 Å². The van der Waals surface area contributed by atoms with Gasteiger partial charge in [-0.05, 0) is 24.3 Å². The first kappa shape index (κ1) is 32.6. The Bertz CT molecular complexity index is 922. The van der Waals surface area contributed by atoms with E-state index in [0.717, 1.165) is 0 Å². The topological polar surface area (TPSA) is 105 Å². The fourth-order valence-corrected chi connectivity index (χ4v) is 2.74. The number of esters is 1. The number of anilines is 2. The first-order valence-corrected chi connectivity index (χ1v) is 9.89. The summed E-state index contributed by atoms with van der Waals surface area (Å²) < 4.78 is 4.60. The molecular formula is C21H25BCl2N2NaO5. The number of amides is 2. The number of methoxy groups -OCH3 is 1. The number of ether oxygens (including phenoxy) is 1. The molecule has 0 aliphatic heterocycles. The van der Waals surface area contributed by atoms with Crippen LogP contribution in [-0.4, -0.2) is 38.4 Å². The van der Waals surface area contributed by atoms with E-state index in [2.05, 4.69) is 15.4 Å². The second kappa shape index (κ2) is 17.0. The maximum atomic E-state index is 11.5. The number of halogens is 2. The van der Waals surface area contributed by atoms with E-state index in [0.29, 0.717) is 34.8 Å². The van der Waals surface area contributed by atoms with Crippen molar-refractivity contribution in [1.29, 1.82) is 0 Å². The molecular weight excluding hydrogens is 465 g/mol. The number of hydrogen-bond donors (Lipinski definition) is 3. The second-order valence-electron chi connectivity index (χ2n) is 5.88. The van der Waals surface area contributed by atoms with Gasteiger partial charge in [0.15, 0.2) is 0 Å². The zero-order valence-corrected chi connectivity index (χ0v) is 22.0. The summed E-state index contributed by atoms with van der Waals surface area (Å²) in [5, 5.41) is 15.0. The van der Waals surface area contributed by atoms with Gasteiger partial charge in [-0.15, -0.1) is 0 Å². The van der Waals surface area contributed by atoms with Crippen LogP contribution in [0.25, 0.3) is 0 Å². The molecule has 32 heavy (non-hydrogen) atoms. The Balaban J connectivity index is -0.000000503. The van der Waals surface area contributed by atoms with Crippen LogP contribution < -0.4 is 40.2 Å². The van der Waals surface area contributed by atoms with E-state index >= 15 is 0 Å². The first-order chi connectivity index (χ1) is 14.3. The molecule has 2 rings (SSSR count). The number of hydrogen-bond acceptors (Lipinski definition) is 5. The molecule has 0 atom stereocenters. The molecule has 167 valence electrons. The van der Waals surface area contributed by atoms with Gasteiger partial charge >= 0.3 is 35.5 Å². The standard InChI is InChI=1S/C11H12ClNO3.C10H12ClNO2.B.Na.H/c1-3-9(14)13-8-6-4-5-7(12)10(8)11(15)16-2;1-2-10(14)12-9-5-3-4-8(11)7(9)6-13;;;/h4-6H,3H2,1-2H3,(H,13,14);3-5,13H,2,6H2,1H3,(H,12,14);;;/q;;;+1;-1. The van der Waals surface area contributed by atoms with Crippen molar-refractivity contribution in [3.8, 4) is 0 Å². The quantitative estimate of drug-likeness (QED) is 0.420. The predicted molar refractivity (Wildman–Crippen MR) is 125 cm³/mol. The number of carbonyl (C=O) groups excluding carboxylic acids is 3. The van der Waals surface area contributed by atoms with E-state index in [4.69, 9.17) is 28.3 Å². The Morgan fingerprint density at radius 1 is 0.938 bits per heavy atom. The third kappa shape index (κ3) is 9.94. The molecule has 0 fully saturated rings. The molecule has 11 heteroatoms. The number of aliphatic hydroxyl groups excluding tert-OH is 1. The van der Waals surface area contributed by atoms with E-state index in [-0.39, 0.29) is 68.4 Å². The summed E-state index contributed by atoms with van der Waals surface area (Å²) in [4.78, 5) is 33.8. The van der Waals surface area contributed by atoms with Gasteiger partial charge in [0.25, 0.3) is 0 Å². The van der Waals surface area contributed by atoms with Crippen molar-refractivity contribution in [3.05, 3.63) is 57.6 Å². The van der Waals surface area contributed by atoms with Crippen LogP contribution in [0.4, 0.5) is 11.4 Å². The molecule has 0 spiro atoms. The van der Waals surface area contributed by atoms with Crippen molar-refractivity contribution < 1.29 is 55.2 Å². The molecule has 2 amide bonds. The Morgan fingerprint density at radius 2 is 1.41 bits per heavy atom. The molecule has 0 aliphatic rings. The smallest absolute Gasteiger partial charge is 1.00 e. The molecule has 7 nitrogen and oxygen atoms in total. The summed E-state index contributed by atoms with van der Waals surface area (Å²) >= 11 is 11.7. The van der Waals surface area contributed by atoms with Gasteiger partial charge in [0, 0.05) is 37.5 Å². The van der Waals surface area contributed by atoms with Gasteiger partial charge in [0.05, 0.1) is 24.4 Å². The third-order valence-electron chi connectivity index (χ3n) is 3.87. The molecule has 0 bridgehead atoms. The number of rotatable bonds is 6. The van der Waals surface area contributed by atoms with Gasteiger partial charge in [0.2, 0.25) is 11.8 Å². The molecule has 3 radical (unpaired) electrons. The molecule has 2 aromatic rings. The van der Waals surface area contributed by atoms with Crippen LogP contribution in [0, 0.1) is 0 Å². The molecule has 0 saturated heterocycles. The Hall–Kier alpha value is -1.55. The number of carbonyl (C=O) groups is 3. The zero-order valence-electron chi connectivity index (χ0n) is 19.5. The van der Waals surface area contributed by atoms with E-state index in [1.807, 2.05) is 0 Å². The number of aliphatic hydroxyl groups is 1. The molecule has 3 N–H and O–H groups in total. The van der Waals surface area contributed by atoms with E-state index in [1.165, 1.54) is 7.11 Å². The van der Waals surface area contributed by atoms with E-state index < -0.39 is 5.97 Å². The van der Waals surface area contributed by atoms with E-state index in [1.54, 1.807) is 50.2 Å². The van der Waals surface area contributed by atoms with Gasteiger partial charge in [-0.1, -0.05) is 49.2 Å². The first-order valence-electron chi connectivity index (χ1n) is 9.13. The molecule has 0 heterocycles. The summed E-state index contributed by atoms with van der Waals surface area (Å²) in [5.74, 6) is -0.855. The van der Waals surface area contributed by atoms with Crippen molar-refractivity contribution >= 4 is 60.8 Å². The predicted octanol–water partition coefficient (Wildman–Crippen LogP) is 1.39. The van der Waals surface area contributed by atoms with Crippen LogP contribution >= 0.6 is 23.2 Å². The minimum absolute atomic E-state index is 0. The van der Waals surface area contributed by atoms with Crippen molar-refractivity contribution in [3.63, 3.8) is 0 Å². The largest absolute Gasteiger partial charge is 1.00 e. The second-order valence-corrected chi connectivity index (χ2v) is 6.70. The SMILES string of the molecule is CCC(=O)Nc1cccc(Cl)c1C(=O)OC.CCC(=O)Nc1cccc(Cl)c1CO.[B].[H-].[Na+]. The zero-order chi connectivity index (χ0) is 22.7. The Morgan fingerprint density at radius 3 is 1.88 bits per heavy atom. The fraction of sp³-hybridized carbons (Fsp3) is 0.286. The van der Waals surface area contributed by atoms with Crippen LogP contribution in [-0.2, 0) is 20.9 Å². The van der Waals surface area contributed by atoms with E-state index in [9.17, 15) is 14.4 Å². The van der Waals surface area contributed by atoms with Crippen LogP contribution in [0.1, 0.15) is 44.0 Å². The van der Waals surface area contributed by atoms with Crippen LogP contribution in [0.2, 0.25) is 10.0 Å². The van der Waals surface area contributed by atoms with Gasteiger partial charge in [-0.3, -0.25) is 9.59 Å². The van der Waals surface area contributed by atoms with Crippen molar-refractivity contribution in [2.24, 2.45) is 0 Å². The molecule has 0 aromatic heterocycles. The van der Waals surface area contributed by atoms with Crippen molar-refractivity contribution in [2.45, 2.75) is 33.3 Å². The van der Waals surface area contributed by atoms with Gasteiger partial charge in [-0.25, -0.2) is 4.79 Å². The van der Waals surface area contributed by atoms with Crippen LogP contribution in [0.5, 0.6) is 0 Å². The Labute approximate surface area is 223 Å². The fourth-order valence-electron chi connectivity index (χ4n) is 2.25. The van der Waals surface area contributed by atoms with Crippen molar-refractivity contribution in [2.75, 3.05) is 17.7 Å². The maximum Gasteiger partial charge on any atom is 1.00 e. The average Bonchev–Trinajstić information content (AvgIpc) is 2.73. The average molecular weight is 490 g/mol. The third-order valence-corrected chi connectivity index (χ3v) is 4.54. The summed E-state index contributed by atoms with van der Waals surface area (Å²) in [6.45, 7) is 3.30. The molecule has 0 unspecified atom stereocenters. The molecule has 0 saturated carbocycles.